The van der Waals surface area contributed by atoms with Crippen LogP contribution in [0.3, 0.4) is 0 Å². The van der Waals surface area contributed by atoms with Crippen molar-refractivity contribution >= 4 is 7.82 Å². The standard InChI is InChI=1S/C8H19O4P.C4H9N/c1-3-5-7-11-13(9,10)12-8-6-4-2;1-2-4-5-3-1/h3-8H2,1-2H3,(H,9,10);5H,1-4H2. The van der Waals surface area contributed by atoms with E-state index < -0.39 is 7.82 Å². The first-order valence-electron chi connectivity index (χ1n) is 7.04. The highest BCUT2D eigenvalue weighted by Crippen LogP contribution is 2.38. The third-order valence-corrected chi connectivity index (χ3v) is 3.56. The van der Waals surface area contributed by atoms with Crippen LogP contribution in [-0.4, -0.2) is 26.3 Å². The van der Waals surface area contributed by atoms with Crippen LogP contribution in [0.25, 0.3) is 0 Å². The van der Waals surface area contributed by atoms with Gasteiger partial charge in [-0.15, -0.1) is 0 Å². The zero-order chi connectivity index (χ0) is 13.7. The molecule has 0 amide bonds. The van der Waals surface area contributed by atoms with Crippen LogP contribution in [0.2, 0.25) is 0 Å². The molecule has 6 heteroatoms. The van der Waals surface area contributed by atoms with E-state index in [2.05, 4.69) is 14.4 Å². The monoisotopic (exact) mass is 281 g/mol. The van der Waals surface area contributed by atoms with Crippen LogP contribution >= 0.6 is 7.82 Å². The molecule has 2 N–H and O–H groups in total. The molecule has 0 aliphatic carbocycles. The Bertz CT molecular complexity index is 201. The lowest BCUT2D eigenvalue weighted by molar-refractivity contribution is -0.635. The Kier molecular flexibility index (Phi) is 12.2. The van der Waals surface area contributed by atoms with Crippen LogP contribution in [0.1, 0.15) is 52.4 Å². The van der Waals surface area contributed by atoms with Crippen molar-refractivity contribution in [3.05, 3.63) is 0 Å². The quantitative estimate of drug-likeness (QED) is 0.539. The molecule has 1 heterocycles. The van der Waals surface area contributed by atoms with Gasteiger partial charge in [-0.3, -0.25) is 4.57 Å². The molecule has 18 heavy (non-hydrogen) atoms. The normalized spacial score (nSPS) is 15.3. The Morgan fingerprint density at radius 2 is 1.50 bits per heavy atom. The maximum atomic E-state index is 11.0. The fraction of sp³-hybridized carbons (Fsp3) is 1.00. The summed E-state index contributed by atoms with van der Waals surface area (Å²) in [6.07, 6.45) is 6.19. The molecule has 0 aromatic carbocycles. The Labute approximate surface area is 111 Å². The van der Waals surface area contributed by atoms with Crippen molar-refractivity contribution < 1.29 is 23.8 Å². The van der Waals surface area contributed by atoms with E-state index >= 15 is 0 Å². The molecule has 0 bridgehead atoms. The largest absolute Gasteiger partial charge is 0.756 e. The summed E-state index contributed by atoms with van der Waals surface area (Å²) in [5, 5.41) is 2.36. The minimum atomic E-state index is -4.00. The molecule has 0 atom stereocenters. The molecule has 1 aliphatic heterocycles. The minimum Gasteiger partial charge on any atom is -0.756 e. The van der Waals surface area contributed by atoms with Gasteiger partial charge in [0, 0.05) is 12.8 Å². The molecule has 1 aliphatic rings. The molecule has 1 saturated heterocycles. The molecular weight excluding hydrogens is 253 g/mol. The summed E-state index contributed by atoms with van der Waals surface area (Å²) in [5.41, 5.74) is 0. The van der Waals surface area contributed by atoms with Gasteiger partial charge in [0.05, 0.1) is 26.3 Å². The van der Waals surface area contributed by atoms with Gasteiger partial charge in [0.15, 0.2) is 0 Å². The van der Waals surface area contributed by atoms with Crippen molar-refractivity contribution in [1.82, 2.24) is 0 Å². The molecule has 0 spiro atoms. The van der Waals surface area contributed by atoms with Crippen molar-refractivity contribution in [3.8, 4) is 0 Å². The van der Waals surface area contributed by atoms with E-state index in [1.807, 2.05) is 13.8 Å². The molecule has 5 nitrogen and oxygen atoms in total. The van der Waals surface area contributed by atoms with E-state index in [0.717, 1.165) is 25.7 Å². The van der Waals surface area contributed by atoms with Crippen LogP contribution in [0.5, 0.6) is 0 Å². The van der Waals surface area contributed by atoms with E-state index in [1.165, 1.54) is 25.9 Å². The first-order valence-corrected chi connectivity index (χ1v) is 8.50. The second-order valence-corrected chi connectivity index (χ2v) is 5.80. The second kappa shape index (κ2) is 12.1. The van der Waals surface area contributed by atoms with Crippen LogP contribution in [0.4, 0.5) is 0 Å². The second-order valence-electron chi connectivity index (χ2n) is 4.39. The van der Waals surface area contributed by atoms with Crippen molar-refractivity contribution in [2.75, 3.05) is 26.3 Å². The molecule has 1 rings (SSSR count). The van der Waals surface area contributed by atoms with Crippen molar-refractivity contribution in [2.45, 2.75) is 52.4 Å². The van der Waals surface area contributed by atoms with Crippen LogP contribution in [0.15, 0.2) is 0 Å². The number of unbranched alkanes of at least 4 members (excludes halogenated alkanes) is 2. The van der Waals surface area contributed by atoms with Crippen molar-refractivity contribution in [2.24, 2.45) is 0 Å². The zero-order valence-electron chi connectivity index (χ0n) is 11.7. The SMILES string of the molecule is C1CC[NH2+]C1.CCCCOP(=O)([O-])OCCCC. The molecule has 0 saturated carbocycles. The summed E-state index contributed by atoms with van der Waals surface area (Å²) in [6.45, 7) is 7.14. The number of rotatable bonds is 8. The zero-order valence-corrected chi connectivity index (χ0v) is 12.6. The Morgan fingerprint density at radius 3 is 1.78 bits per heavy atom. The van der Waals surface area contributed by atoms with Gasteiger partial charge < -0.3 is 19.3 Å². The lowest BCUT2D eigenvalue weighted by Gasteiger charge is -2.22. The first kappa shape index (κ1) is 18.1. The van der Waals surface area contributed by atoms with Gasteiger partial charge in [0.2, 0.25) is 0 Å². The number of hydrogen-bond donors (Lipinski definition) is 1. The van der Waals surface area contributed by atoms with Gasteiger partial charge >= 0.3 is 0 Å². The number of quaternary nitrogens is 1. The van der Waals surface area contributed by atoms with Gasteiger partial charge in [-0.05, 0) is 12.8 Å². The summed E-state index contributed by atoms with van der Waals surface area (Å²) in [4.78, 5) is 11.0. The lowest BCUT2D eigenvalue weighted by Crippen LogP contribution is -2.80. The molecular formula is C12H28NO4P. The highest BCUT2D eigenvalue weighted by Gasteiger charge is 2.07. The molecule has 1 fully saturated rings. The number of hydrogen-bond acceptors (Lipinski definition) is 4. The van der Waals surface area contributed by atoms with Crippen molar-refractivity contribution in [1.29, 1.82) is 0 Å². The summed E-state index contributed by atoms with van der Waals surface area (Å²) in [5.74, 6) is 0. The average Bonchev–Trinajstić information content (AvgIpc) is 2.88. The van der Waals surface area contributed by atoms with E-state index in [0.29, 0.717) is 0 Å². The number of phosphoric acid groups is 1. The molecule has 110 valence electrons. The maximum Gasteiger partial charge on any atom is 0.267 e. The lowest BCUT2D eigenvalue weighted by atomic mass is 10.4. The van der Waals surface area contributed by atoms with E-state index in [1.54, 1.807) is 0 Å². The highest BCUT2D eigenvalue weighted by molar-refractivity contribution is 7.45. The van der Waals surface area contributed by atoms with Crippen molar-refractivity contribution in [3.63, 3.8) is 0 Å². The van der Waals surface area contributed by atoms with Gasteiger partial charge in [-0.1, -0.05) is 26.7 Å². The third kappa shape index (κ3) is 12.5. The predicted molar refractivity (Wildman–Crippen MR) is 70.2 cm³/mol. The van der Waals surface area contributed by atoms with Gasteiger partial charge in [0.1, 0.15) is 0 Å². The molecule has 0 radical (unpaired) electrons. The first-order chi connectivity index (χ1) is 8.62. The average molecular weight is 281 g/mol. The molecule has 0 unspecified atom stereocenters. The Morgan fingerprint density at radius 1 is 1.06 bits per heavy atom. The molecule has 0 aromatic rings. The summed E-state index contributed by atoms with van der Waals surface area (Å²) >= 11 is 0. The van der Waals surface area contributed by atoms with Gasteiger partial charge in [0.25, 0.3) is 7.82 Å². The number of nitrogens with two attached hydrogens (primary N) is 1. The molecule has 0 aromatic heterocycles. The maximum absolute atomic E-state index is 11.0. The van der Waals surface area contributed by atoms with Crippen LogP contribution in [-0.2, 0) is 13.6 Å². The van der Waals surface area contributed by atoms with E-state index in [4.69, 9.17) is 0 Å². The van der Waals surface area contributed by atoms with E-state index in [-0.39, 0.29) is 13.2 Å². The number of phosphoric ester groups is 1. The Balaban J connectivity index is 0.000000473. The summed E-state index contributed by atoms with van der Waals surface area (Å²) < 4.78 is 20.2. The van der Waals surface area contributed by atoms with Gasteiger partial charge in [-0.25, -0.2) is 0 Å². The Hall–Kier alpha value is 0.0700. The smallest absolute Gasteiger partial charge is 0.267 e. The van der Waals surface area contributed by atoms with E-state index in [9.17, 15) is 9.46 Å². The fourth-order valence-corrected chi connectivity index (χ4v) is 2.18. The topological polar surface area (TPSA) is 75.2 Å². The summed E-state index contributed by atoms with van der Waals surface area (Å²) in [7, 11) is -4.00. The predicted octanol–water partition coefficient (Wildman–Crippen LogP) is 1.43. The fourth-order valence-electron chi connectivity index (χ4n) is 1.40. The van der Waals surface area contributed by atoms with Gasteiger partial charge in [-0.2, -0.15) is 0 Å². The highest BCUT2D eigenvalue weighted by atomic mass is 31.2. The minimum absolute atomic E-state index is 0.226. The summed E-state index contributed by atoms with van der Waals surface area (Å²) in [6, 6.07) is 0. The van der Waals surface area contributed by atoms with Crippen LogP contribution < -0.4 is 10.2 Å². The third-order valence-electron chi connectivity index (χ3n) is 2.56. The van der Waals surface area contributed by atoms with Crippen LogP contribution in [0, 0.1) is 0 Å².